The second-order valence-corrected chi connectivity index (χ2v) is 7.37. The maximum atomic E-state index is 11.6. The summed E-state index contributed by atoms with van der Waals surface area (Å²) >= 11 is 11.3. The van der Waals surface area contributed by atoms with Crippen molar-refractivity contribution >= 4 is 29.2 Å². The largest absolute Gasteiger partial charge is 0.460 e. The fourth-order valence-electron chi connectivity index (χ4n) is 2.69. The van der Waals surface area contributed by atoms with Crippen LogP contribution in [0.4, 0.5) is 0 Å². The Bertz CT molecular complexity index is 315. The zero-order valence-corrected chi connectivity index (χ0v) is 17.6. The lowest BCUT2D eigenvalue weighted by molar-refractivity contribution is -0.147. The highest BCUT2D eigenvalue weighted by molar-refractivity contribution is 6.21. The number of halogens is 2. The summed E-state index contributed by atoms with van der Waals surface area (Å²) in [6, 6.07) is 0. The van der Waals surface area contributed by atoms with Crippen LogP contribution >= 0.6 is 23.2 Å². The number of carbonyl (C=O) groups excluding carboxylic acids is 1. The molecule has 0 aromatic rings. The first-order valence-electron chi connectivity index (χ1n) is 10.2. The molecule has 0 unspecified atom stereocenters. The average molecular weight is 393 g/mol. The Morgan fingerprint density at radius 2 is 1.28 bits per heavy atom. The summed E-state index contributed by atoms with van der Waals surface area (Å²) in [6.07, 6.45) is 21.1. The minimum Gasteiger partial charge on any atom is -0.460 e. The van der Waals surface area contributed by atoms with Crippen molar-refractivity contribution in [3.63, 3.8) is 0 Å². The van der Waals surface area contributed by atoms with Gasteiger partial charge in [0.2, 0.25) is 0 Å². The zero-order chi connectivity index (χ0) is 18.6. The maximum absolute atomic E-state index is 11.6. The number of hydrogen-bond donors (Lipinski definition) is 0. The quantitative estimate of drug-likeness (QED) is 0.105. The summed E-state index contributed by atoms with van der Waals surface area (Å²) in [7, 11) is 0. The lowest BCUT2D eigenvalue weighted by Gasteiger charge is -2.11. The van der Waals surface area contributed by atoms with E-state index in [-0.39, 0.29) is 23.8 Å². The highest BCUT2D eigenvalue weighted by Crippen LogP contribution is 2.11. The first-order valence-corrected chi connectivity index (χ1v) is 11.3. The molecule has 0 saturated carbocycles. The fraction of sp³-hybridized carbons (Fsp3) is 0.857. The van der Waals surface area contributed by atoms with Crippen LogP contribution in [-0.4, -0.2) is 23.8 Å². The molecule has 0 radical (unpaired) electrons. The summed E-state index contributed by atoms with van der Waals surface area (Å²) < 4.78 is 5.16. The molecule has 0 heterocycles. The number of rotatable bonds is 18. The van der Waals surface area contributed by atoms with Gasteiger partial charge in [-0.15, -0.1) is 23.2 Å². The molecule has 148 valence electrons. The Labute approximate surface area is 165 Å². The minimum absolute atomic E-state index is 0.177. The van der Waals surface area contributed by atoms with E-state index >= 15 is 0 Å². The van der Waals surface area contributed by atoms with Crippen molar-refractivity contribution in [1.82, 2.24) is 0 Å². The average Bonchev–Trinajstić information content (AvgIpc) is 2.62. The van der Waals surface area contributed by atoms with E-state index in [0.717, 1.165) is 12.8 Å². The van der Waals surface area contributed by atoms with Crippen LogP contribution in [0.25, 0.3) is 0 Å². The van der Waals surface area contributed by atoms with E-state index in [4.69, 9.17) is 27.9 Å². The third-order valence-electron chi connectivity index (χ3n) is 4.29. The molecule has 0 aliphatic carbocycles. The Morgan fingerprint density at radius 1 is 0.800 bits per heavy atom. The molecule has 4 heteroatoms. The third-order valence-corrected chi connectivity index (χ3v) is 4.97. The first kappa shape index (κ1) is 24.8. The second-order valence-electron chi connectivity index (χ2n) is 6.75. The monoisotopic (exact) mass is 392 g/mol. The van der Waals surface area contributed by atoms with Gasteiger partial charge in [-0.05, 0) is 32.1 Å². The van der Waals surface area contributed by atoms with E-state index in [1.165, 1.54) is 70.6 Å². The first-order chi connectivity index (χ1) is 12.2. The van der Waals surface area contributed by atoms with Crippen LogP contribution < -0.4 is 0 Å². The molecule has 0 spiro atoms. The van der Waals surface area contributed by atoms with Gasteiger partial charge >= 0.3 is 5.97 Å². The summed E-state index contributed by atoms with van der Waals surface area (Å²) in [5.74, 6) is 0.354. The van der Waals surface area contributed by atoms with Gasteiger partial charge in [-0.25, -0.2) is 0 Å². The van der Waals surface area contributed by atoms with Crippen molar-refractivity contribution in [3.8, 4) is 0 Å². The Kier molecular flexibility index (Phi) is 19.9. The van der Waals surface area contributed by atoms with E-state index in [2.05, 4.69) is 19.1 Å². The zero-order valence-electron chi connectivity index (χ0n) is 16.1. The second kappa shape index (κ2) is 20.1. The normalized spacial score (nSPS) is 11.5. The standard InChI is InChI=1S/C21H38Cl2O2/c1-2-3-4-5-6-7-8-9-10-11-12-13-14-15-16-17-21(24)25-20(18-22)19-23/h9-10,20H,2-8,11-19H2,1H3. The van der Waals surface area contributed by atoms with Crippen LogP contribution in [0.1, 0.15) is 96.8 Å². The summed E-state index contributed by atoms with van der Waals surface area (Å²) in [5.41, 5.74) is 0. The molecule has 25 heavy (non-hydrogen) atoms. The van der Waals surface area contributed by atoms with Gasteiger partial charge in [0.1, 0.15) is 6.10 Å². The third kappa shape index (κ3) is 18.4. The molecule has 0 aliphatic rings. The summed E-state index contributed by atoms with van der Waals surface area (Å²) in [4.78, 5) is 11.6. The number of allylic oxidation sites excluding steroid dienone is 2. The Balaban J connectivity index is 3.28. The number of alkyl halides is 2. The van der Waals surface area contributed by atoms with E-state index in [1.54, 1.807) is 0 Å². The number of hydrogen-bond acceptors (Lipinski definition) is 2. The van der Waals surface area contributed by atoms with Crippen molar-refractivity contribution in [1.29, 1.82) is 0 Å². The summed E-state index contributed by atoms with van der Waals surface area (Å²) in [6.45, 7) is 2.26. The maximum Gasteiger partial charge on any atom is 0.306 e. The predicted octanol–water partition coefficient (Wildman–Crippen LogP) is 7.41. The Morgan fingerprint density at radius 3 is 1.80 bits per heavy atom. The molecule has 0 fully saturated rings. The molecule has 0 atom stereocenters. The van der Waals surface area contributed by atoms with E-state index < -0.39 is 0 Å². The summed E-state index contributed by atoms with van der Waals surface area (Å²) in [5, 5.41) is 0. The van der Waals surface area contributed by atoms with Crippen molar-refractivity contribution in [2.75, 3.05) is 11.8 Å². The SMILES string of the molecule is CCCCCCCCC=CCCCCCCCC(=O)OC(CCl)CCl. The van der Waals surface area contributed by atoms with Crippen LogP contribution in [0.15, 0.2) is 12.2 Å². The molecule has 2 nitrogen and oxygen atoms in total. The molecular formula is C21H38Cl2O2. The molecule has 0 aliphatic heterocycles. The van der Waals surface area contributed by atoms with Crippen LogP contribution in [0.3, 0.4) is 0 Å². The number of unbranched alkanes of at least 4 members (excludes halogenated alkanes) is 11. The minimum atomic E-state index is -0.348. The van der Waals surface area contributed by atoms with Crippen molar-refractivity contribution in [2.24, 2.45) is 0 Å². The van der Waals surface area contributed by atoms with Crippen LogP contribution in [-0.2, 0) is 9.53 Å². The number of esters is 1. The number of ether oxygens (including phenoxy) is 1. The van der Waals surface area contributed by atoms with E-state index in [9.17, 15) is 4.79 Å². The van der Waals surface area contributed by atoms with Crippen LogP contribution in [0.5, 0.6) is 0 Å². The molecule has 0 aromatic carbocycles. The molecule has 0 rings (SSSR count). The number of carbonyl (C=O) groups is 1. The Hall–Kier alpha value is -0.210. The lowest BCUT2D eigenvalue weighted by atomic mass is 10.1. The van der Waals surface area contributed by atoms with Gasteiger partial charge in [0, 0.05) is 6.42 Å². The van der Waals surface area contributed by atoms with Crippen LogP contribution in [0.2, 0.25) is 0 Å². The van der Waals surface area contributed by atoms with Gasteiger partial charge in [-0.2, -0.15) is 0 Å². The fourth-order valence-corrected chi connectivity index (χ4v) is 3.15. The highest BCUT2D eigenvalue weighted by atomic mass is 35.5. The molecule has 0 bridgehead atoms. The molecule has 0 amide bonds. The van der Waals surface area contributed by atoms with Gasteiger partial charge < -0.3 is 4.74 Å². The van der Waals surface area contributed by atoms with Gasteiger partial charge in [0.15, 0.2) is 0 Å². The van der Waals surface area contributed by atoms with Crippen molar-refractivity contribution < 1.29 is 9.53 Å². The van der Waals surface area contributed by atoms with Crippen LogP contribution in [0, 0.1) is 0 Å². The topological polar surface area (TPSA) is 26.3 Å². The van der Waals surface area contributed by atoms with Crippen molar-refractivity contribution in [2.45, 2.75) is 103 Å². The van der Waals surface area contributed by atoms with Gasteiger partial charge in [0.25, 0.3) is 0 Å². The van der Waals surface area contributed by atoms with Gasteiger partial charge in [0.05, 0.1) is 11.8 Å². The van der Waals surface area contributed by atoms with E-state index in [0.29, 0.717) is 6.42 Å². The highest BCUT2D eigenvalue weighted by Gasteiger charge is 2.11. The predicted molar refractivity (Wildman–Crippen MR) is 111 cm³/mol. The van der Waals surface area contributed by atoms with Gasteiger partial charge in [-0.3, -0.25) is 4.79 Å². The van der Waals surface area contributed by atoms with Crippen molar-refractivity contribution in [3.05, 3.63) is 12.2 Å². The molecule has 0 N–H and O–H groups in total. The lowest BCUT2D eigenvalue weighted by Crippen LogP contribution is -2.21. The molecule has 0 aromatic heterocycles. The van der Waals surface area contributed by atoms with E-state index in [1.807, 2.05) is 0 Å². The van der Waals surface area contributed by atoms with Gasteiger partial charge in [-0.1, -0.05) is 70.4 Å². The smallest absolute Gasteiger partial charge is 0.306 e. The molecular weight excluding hydrogens is 355 g/mol. The molecule has 0 saturated heterocycles.